The Balaban J connectivity index is 1.64. The van der Waals surface area contributed by atoms with Crippen LogP contribution in [0.5, 0.6) is 0 Å². The van der Waals surface area contributed by atoms with Gasteiger partial charge >= 0.3 is 0 Å². The Bertz CT molecular complexity index is 1020. The number of aromatic nitrogens is 3. The van der Waals surface area contributed by atoms with Gasteiger partial charge in [0.15, 0.2) is 12.2 Å². The lowest BCUT2D eigenvalue weighted by Crippen LogP contribution is -2.09. The minimum absolute atomic E-state index is 0.0114. The number of fused-ring (bicyclic) bond motifs is 1. The molecule has 0 spiro atoms. The zero-order valence-electron chi connectivity index (χ0n) is 13.6. The van der Waals surface area contributed by atoms with Crippen molar-refractivity contribution >= 4 is 17.2 Å². The van der Waals surface area contributed by atoms with E-state index in [1.165, 1.54) is 6.39 Å². The van der Waals surface area contributed by atoms with E-state index in [1.807, 2.05) is 60.1 Å². The summed E-state index contributed by atoms with van der Waals surface area (Å²) in [5.74, 6) is 0.723. The van der Waals surface area contributed by atoms with Gasteiger partial charge in [-0.3, -0.25) is 4.79 Å². The van der Waals surface area contributed by atoms with Gasteiger partial charge in [0.1, 0.15) is 5.65 Å². The zero-order chi connectivity index (χ0) is 17.2. The van der Waals surface area contributed by atoms with Crippen LogP contribution in [-0.2, 0) is 4.79 Å². The molecular weight excluding hydrogens is 316 g/mol. The van der Waals surface area contributed by atoms with Gasteiger partial charge in [0, 0.05) is 29.9 Å². The molecule has 0 atom stereocenters. The molecule has 4 rings (SSSR count). The number of anilines is 1. The van der Waals surface area contributed by atoms with Gasteiger partial charge < -0.3 is 14.1 Å². The van der Waals surface area contributed by atoms with Crippen molar-refractivity contribution in [1.82, 2.24) is 14.4 Å². The van der Waals surface area contributed by atoms with Crippen LogP contribution >= 0.6 is 0 Å². The summed E-state index contributed by atoms with van der Waals surface area (Å²) in [5, 5.41) is 2.85. The van der Waals surface area contributed by atoms with Crippen molar-refractivity contribution in [2.24, 2.45) is 0 Å². The van der Waals surface area contributed by atoms with E-state index >= 15 is 0 Å². The second-order valence-electron chi connectivity index (χ2n) is 5.65. The largest absolute Gasteiger partial charge is 0.444 e. The fraction of sp³-hybridized carbons (Fsp3) is 0.105. The molecule has 0 unspecified atom stereocenters. The molecule has 0 bridgehead atoms. The van der Waals surface area contributed by atoms with Gasteiger partial charge in [-0.2, -0.15) is 0 Å². The first-order valence-corrected chi connectivity index (χ1v) is 8.01. The molecule has 0 radical (unpaired) electrons. The average molecular weight is 332 g/mol. The van der Waals surface area contributed by atoms with Crippen LogP contribution in [0.2, 0.25) is 0 Å². The SMILES string of the molecule is CCC(=O)Nc1ccc2nc(-c3ccc(-c4cnco4)cc3)cn2c1. The molecule has 3 heterocycles. The monoisotopic (exact) mass is 332 g/mol. The molecular formula is C19H16N4O2. The maximum Gasteiger partial charge on any atom is 0.224 e. The fourth-order valence-corrected chi connectivity index (χ4v) is 2.62. The summed E-state index contributed by atoms with van der Waals surface area (Å²) in [5.41, 5.74) is 4.41. The molecule has 1 N–H and O–H groups in total. The van der Waals surface area contributed by atoms with E-state index in [9.17, 15) is 4.79 Å². The summed E-state index contributed by atoms with van der Waals surface area (Å²) in [6, 6.07) is 11.7. The van der Waals surface area contributed by atoms with E-state index in [1.54, 1.807) is 6.20 Å². The number of carbonyl (C=O) groups excluding carboxylic acids is 1. The first-order valence-electron chi connectivity index (χ1n) is 8.01. The lowest BCUT2D eigenvalue weighted by molar-refractivity contribution is -0.115. The molecule has 0 aliphatic heterocycles. The summed E-state index contributed by atoms with van der Waals surface area (Å²) < 4.78 is 7.21. The van der Waals surface area contributed by atoms with Crippen molar-refractivity contribution in [3.8, 4) is 22.6 Å². The van der Waals surface area contributed by atoms with Crippen molar-refractivity contribution in [3.05, 3.63) is 61.4 Å². The highest BCUT2D eigenvalue weighted by atomic mass is 16.3. The van der Waals surface area contributed by atoms with Crippen molar-refractivity contribution < 1.29 is 9.21 Å². The number of carbonyl (C=O) groups is 1. The third-order valence-electron chi connectivity index (χ3n) is 3.95. The van der Waals surface area contributed by atoms with E-state index in [2.05, 4.69) is 15.3 Å². The molecule has 1 amide bonds. The molecule has 25 heavy (non-hydrogen) atoms. The number of hydrogen-bond donors (Lipinski definition) is 1. The number of benzene rings is 1. The Morgan fingerprint density at radius 3 is 2.64 bits per heavy atom. The minimum Gasteiger partial charge on any atom is -0.444 e. The molecule has 6 nitrogen and oxygen atoms in total. The number of rotatable bonds is 4. The highest BCUT2D eigenvalue weighted by Crippen LogP contribution is 2.25. The highest BCUT2D eigenvalue weighted by molar-refractivity contribution is 5.90. The first-order chi connectivity index (χ1) is 12.2. The lowest BCUT2D eigenvalue weighted by atomic mass is 10.1. The van der Waals surface area contributed by atoms with Gasteiger partial charge in [-0.1, -0.05) is 31.2 Å². The summed E-state index contributed by atoms with van der Waals surface area (Å²) in [4.78, 5) is 20.1. The number of oxazole rings is 1. The number of amides is 1. The van der Waals surface area contributed by atoms with Gasteiger partial charge in [-0.25, -0.2) is 9.97 Å². The second kappa shape index (κ2) is 6.24. The van der Waals surface area contributed by atoms with E-state index in [4.69, 9.17) is 4.42 Å². The van der Waals surface area contributed by atoms with E-state index in [-0.39, 0.29) is 5.91 Å². The predicted molar refractivity (Wildman–Crippen MR) is 95.0 cm³/mol. The van der Waals surface area contributed by atoms with Gasteiger partial charge in [-0.15, -0.1) is 0 Å². The number of nitrogens with zero attached hydrogens (tertiary/aromatic N) is 3. The Kier molecular flexibility index (Phi) is 3.78. The van der Waals surface area contributed by atoms with E-state index < -0.39 is 0 Å². The Labute approximate surface area is 144 Å². The van der Waals surface area contributed by atoms with Crippen molar-refractivity contribution in [3.63, 3.8) is 0 Å². The molecule has 0 aliphatic carbocycles. The van der Waals surface area contributed by atoms with Crippen LogP contribution in [0.4, 0.5) is 5.69 Å². The van der Waals surface area contributed by atoms with E-state index in [0.29, 0.717) is 6.42 Å². The maximum atomic E-state index is 11.5. The summed E-state index contributed by atoms with van der Waals surface area (Å²) in [7, 11) is 0. The Hall–Kier alpha value is -3.41. The van der Waals surface area contributed by atoms with Gasteiger partial charge in [0.2, 0.25) is 5.91 Å². The molecule has 1 aromatic carbocycles. The standard InChI is InChI=1S/C19H16N4O2/c1-2-19(24)21-15-7-8-18-22-16(11-23(18)10-15)13-3-5-14(6-4-13)17-9-20-12-25-17/h3-12H,2H2,1H3,(H,21,24). The van der Waals surface area contributed by atoms with E-state index in [0.717, 1.165) is 33.9 Å². The van der Waals surface area contributed by atoms with Crippen molar-refractivity contribution in [1.29, 1.82) is 0 Å². The van der Waals surface area contributed by atoms with Crippen LogP contribution in [-0.4, -0.2) is 20.3 Å². The molecule has 0 fully saturated rings. The maximum absolute atomic E-state index is 11.5. The quantitative estimate of drug-likeness (QED) is 0.613. The normalized spacial score (nSPS) is 10.9. The van der Waals surface area contributed by atoms with Gasteiger partial charge in [0.05, 0.1) is 17.6 Å². The Morgan fingerprint density at radius 2 is 1.92 bits per heavy atom. The third kappa shape index (κ3) is 3.01. The topological polar surface area (TPSA) is 72.4 Å². The van der Waals surface area contributed by atoms with Gasteiger partial charge in [0.25, 0.3) is 0 Å². The van der Waals surface area contributed by atoms with Crippen molar-refractivity contribution in [2.75, 3.05) is 5.32 Å². The molecule has 0 saturated heterocycles. The van der Waals surface area contributed by atoms with Crippen LogP contribution in [0.15, 0.2) is 65.8 Å². The first kappa shape index (κ1) is 15.1. The lowest BCUT2D eigenvalue weighted by Gasteiger charge is -2.03. The minimum atomic E-state index is -0.0114. The fourth-order valence-electron chi connectivity index (χ4n) is 2.62. The Morgan fingerprint density at radius 1 is 1.12 bits per heavy atom. The number of pyridine rings is 1. The predicted octanol–water partition coefficient (Wildman–Crippen LogP) is 4.00. The molecule has 3 aromatic heterocycles. The second-order valence-corrected chi connectivity index (χ2v) is 5.65. The van der Waals surface area contributed by atoms with Crippen molar-refractivity contribution in [2.45, 2.75) is 13.3 Å². The van der Waals surface area contributed by atoms with Crippen LogP contribution in [0, 0.1) is 0 Å². The summed E-state index contributed by atoms with van der Waals surface area (Å²) >= 11 is 0. The molecule has 4 aromatic rings. The smallest absolute Gasteiger partial charge is 0.224 e. The third-order valence-corrected chi connectivity index (χ3v) is 3.95. The molecule has 124 valence electrons. The summed E-state index contributed by atoms with van der Waals surface area (Å²) in [6.45, 7) is 1.83. The van der Waals surface area contributed by atoms with Gasteiger partial charge in [-0.05, 0) is 12.1 Å². The summed E-state index contributed by atoms with van der Waals surface area (Å²) in [6.07, 6.45) is 7.36. The highest BCUT2D eigenvalue weighted by Gasteiger charge is 2.07. The number of hydrogen-bond acceptors (Lipinski definition) is 4. The number of nitrogens with one attached hydrogen (secondary N) is 1. The zero-order valence-corrected chi connectivity index (χ0v) is 13.6. The average Bonchev–Trinajstić information content (AvgIpc) is 3.31. The molecule has 6 heteroatoms. The van der Waals surface area contributed by atoms with Crippen LogP contribution in [0.1, 0.15) is 13.3 Å². The van der Waals surface area contributed by atoms with Crippen LogP contribution in [0.3, 0.4) is 0 Å². The van der Waals surface area contributed by atoms with Crippen LogP contribution < -0.4 is 5.32 Å². The molecule has 0 saturated carbocycles. The van der Waals surface area contributed by atoms with Crippen LogP contribution in [0.25, 0.3) is 28.2 Å². The molecule has 0 aliphatic rings. The number of imidazole rings is 1.